The molecule has 0 aliphatic heterocycles. The monoisotopic (exact) mass is 219 g/mol. The van der Waals surface area contributed by atoms with E-state index in [4.69, 9.17) is 0 Å². The molecule has 0 aliphatic carbocycles. The van der Waals surface area contributed by atoms with Gasteiger partial charge in [0.2, 0.25) is 0 Å². The van der Waals surface area contributed by atoms with Crippen LogP contribution in [0.1, 0.15) is 11.1 Å². The van der Waals surface area contributed by atoms with Gasteiger partial charge in [-0.25, -0.2) is 5.11 Å². The first-order valence-corrected chi connectivity index (χ1v) is 4.29. The molecule has 1 atom stereocenters. The number of methoxy groups -OCH3 is 1. The number of hydrogen-bond acceptors (Lipinski definition) is 1. The Kier molecular flexibility index (Phi) is 3.71. The first-order valence-electron chi connectivity index (χ1n) is 4.29. The van der Waals surface area contributed by atoms with Crippen molar-refractivity contribution in [1.82, 2.24) is 0 Å². The highest BCUT2D eigenvalue weighted by Gasteiger charge is 2.33. The highest BCUT2D eigenvalue weighted by molar-refractivity contribution is 5.29. The molecule has 83 valence electrons. The molecule has 0 bridgehead atoms. The SMILES string of the molecule is COC([O])Cc1ccccc1C(F)(F)F. The van der Waals surface area contributed by atoms with Crippen LogP contribution in [0.2, 0.25) is 0 Å². The summed E-state index contributed by atoms with van der Waals surface area (Å²) in [5.74, 6) is 0. The summed E-state index contributed by atoms with van der Waals surface area (Å²) in [4.78, 5) is 0. The molecule has 0 aromatic heterocycles. The fourth-order valence-corrected chi connectivity index (χ4v) is 1.24. The number of halogens is 3. The van der Waals surface area contributed by atoms with E-state index in [2.05, 4.69) is 4.74 Å². The zero-order chi connectivity index (χ0) is 11.5. The van der Waals surface area contributed by atoms with Crippen molar-refractivity contribution >= 4 is 0 Å². The second-order valence-electron chi connectivity index (χ2n) is 3.02. The topological polar surface area (TPSA) is 29.1 Å². The van der Waals surface area contributed by atoms with Crippen LogP contribution in [0.15, 0.2) is 24.3 Å². The van der Waals surface area contributed by atoms with E-state index in [-0.39, 0.29) is 12.0 Å². The number of alkyl halides is 3. The molecule has 5 heteroatoms. The fourth-order valence-electron chi connectivity index (χ4n) is 1.24. The van der Waals surface area contributed by atoms with Crippen LogP contribution >= 0.6 is 0 Å². The molecule has 1 radical (unpaired) electrons. The summed E-state index contributed by atoms with van der Waals surface area (Å²) in [5.41, 5.74) is -0.810. The van der Waals surface area contributed by atoms with Crippen LogP contribution in [0.25, 0.3) is 0 Å². The maximum absolute atomic E-state index is 12.5. The molecule has 0 spiro atoms. The third-order valence-corrected chi connectivity index (χ3v) is 1.97. The average Bonchev–Trinajstić information content (AvgIpc) is 2.17. The lowest BCUT2D eigenvalue weighted by atomic mass is 10.0. The van der Waals surface area contributed by atoms with Gasteiger partial charge in [0.25, 0.3) is 0 Å². The van der Waals surface area contributed by atoms with Crippen LogP contribution in [-0.2, 0) is 22.4 Å². The molecule has 1 rings (SSSR count). The lowest BCUT2D eigenvalue weighted by molar-refractivity contribution is -0.140. The molecule has 1 aromatic carbocycles. The van der Waals surface area contributed by atoms with Gasteiger partial charge in [0.1, 0.15) is 0 Å². The third-order valence-electron chi connectivity index (χ3n) is 1.97. The predicted molar refractivity (Wildman–Crippen MR) is 46.6 cm³/mol. The van der Waals surface area contributed by atoms with Crippen molar-refractivity contribution in [3.8, 4) is 0 Å². The quantitative estimate of drug-likeness (QED) is 0.718. The Balaban J connectivity index is 2.97. The van der Waals surface area contributed by atoms with Crippen molar-refractivity contribution in [2.24, 2.45) is 0 Å². The minimum absolute atomic E-state index is 0.0353. The highest BCUT2D eigenvalue weighted by atomic mass is 19.4. The Hall–Kier alpha value is -1.07. The molecule has 1 aromatic rings. The van der Waals surface area contributed by atoms with Crippen LogP contribution in [0.4, 0.5) is 13.2 Å². The Labute approximate surface area is 85.3 Å². The summed E-state index contributed by atoms with van der Waals surface area (Å²) >= 11 is 0. The molecule has 0 amide bonds. The van der Waals surface area contributed by atoms with Gasteiger partial charge in [-0.2, -0.15) is 13.2 Å². The lowest BCUT2D eigenvalue weighted by Gasteiger charge is -2.13. The number of ether oxygens (including phenoxy) is 1. The van der Waals surface area contributed by atoms with E-state index >= 15 is 0 Å². The van der Waals surface area contributed by atoms with E-state index in [1.165, 1.54) is 25.3 Å². The first kappa shape index (κ1) is 12.0. The summed E-state index contributed by atoms with van der Waals surface area (Å²) in [6, 6.07) is 5.00. The van der Waals surface area contributed by atoms with Crippen molar-refractivity contribution in [3.05, 3.63) is 35.4 Å². The Morgan fingerprint density at radius 2 is 1.93 bits per heavy atom. The molecule has 0 saturated heterocycles. The molecule has 1 unspecified atom stereocenters. The summed E-state index contributed by atoms with van der Waals surface area (Å²) in [5, 5.41) is 11.0. The van der Waals surface area contributed by atoms with Gasteiger partial charge in [0.05, 0.1) is 5.56 Å². The zero-order valence-corrected chi connectivity index (χ0v) is 8.04. The molecule has 0 heterocycles. The summed E-state index contributed by atoms with van der Waals surface area (Å²) in [7, 11) is 1.17. The van der Waals surface area contributed by atoms with Crippen molar-refractivity contribution < 1.29 is 23.0 Å². The largest absolute Gasteiger partial charge is 0.416 e. The van der Waals surface area contributed by atoms with Gasteiger partial charge in [-0.15, -0.1) is 0 Å². The molecule has 0 N–H and O–H groups in total. The van der Waals surface area contributed by atoms with Crippen LogP contribution in [-0.4, -0.2) is 13.4 Å². The van der Waals surface area contributed by atoms with Crippen LogP contribution in [0, 0.1) is 0 Å². The van der Waals surface area contributed by atoms with Crippen molar-refractivity contribution in [2.75, 3.05) is 7.11 Å². The van der Waals surface area contributed by atoms with E-state index in [1.54, 1.807) is 0 Å². The Morgan fingerprint density at radius 1 is 1.33 bits per heavy atom. The molecule has 0 aliphatic rings. The number of benzene rings is 1. The van der Waals surface area contributed by atoms with E-state index in [0.29, 0.717) is 0 Å². The van der Waals surface area contributed by atoms with Crippen molar-refractivity contribution in [2.45, 2.75) is 18.9 Å². The van der Waals surface area contributed by atoms with Gasteiger partial charge < -0.3 is 4.74 Å². The van der Waals surface area contributed by atoms with E-state index < -0.39 is 18.0 Å². The summed E-state index contributed by atoms with van der Waals surface area (Å²) in [6.45, 7) is 0. The standard InChI is InChI=1S/C10H10F3O2/c1-15-9(14)6-7-4-2-3-5-8(7)10(11,12)13/h2-5,9H,6H2,1H3. The first-order chi connectivity index (χ1) is 6.95. The maximum atomic E-state index is 12.5. The van der Waals surface area contributed by atoms with Gasteiger partial charge in [-0.05, 0) is 11.6 Å². The predicted octanol–water partition coefficient (Wildman–Crippen LogP) is 2.65. The molecular formula is C10H10F3O2. The minimum Gasteiger partial charge on any atom is -0.353 e. The smallest absolute Gasteiger partial charge is 0.353 e. The summed E-state index contributed by atoms with van der Waals surface area (Å²) in [6.07, 6.45) is -6.18. The second kappa shape index (κ2) is 4.63. The highest BCUT2D eigenvalue weighted by Crippen LogP contribution is 2.32. The molecule has 2 nitrogen and oxygen atoms in total. The van der Waals surface area contributed by atoms with Gasteiger partial charge in [-0.1, -0.05) is 18.2 Å². The number of rotatable bonds is 3. The molecule has 15 heavy (non-hydrogen) atoms. The zero-order valence-electron chi connectivity index (χ0n) is 8.04. The second-order valence-corrected chi connectivity index (χ2v) is 3.02. The van der Waals surface area contributed by atoms with Crippen molar-refractivity contribution in [3.63, 3.8) is 0 Å². The van der Waals surface area contributed by atoms with E-state index in [9.17, 15) is 18.3 Å². The molecule has 0 fully saturated rings. The van der Waals surface area contributed by atoms with E-state index in [1.807, 2.05) is 0 Å². The Bertz CT molecular complexity index is 323. The van der Waals surface area contributed by atoms with Gasteiger partial charge in [-0.3, -0.25) is 0 Å². The Morgan fingerprint density at radius 3 is 2.47 bits per heavy atom. The van der Waals surface area contributed by atoms with Gasteiger partial charge in [0.15, 0.2) is 6.29 Å². The normalized spacial score (nSPS) is 13.9. The minimum atomic E-state index is -4.43. The summed E-state index contributed by atoms with van der Waals surface area (Å²) < 4.78 is 41.8. The van der Waals surface area contributed by atoms with Crippen LogP contribution in [0.5, 0.6) is 0 Å². The van der Waals surface area contributed by atoms with Crippen LogP contribution < -0.4 is 0 Å². The maximum Gasteiger partial charge on any atom is 0.416 e. The fraction of sp³-hybridized carbons (Fsp3) is 0.400. The van der Waals surface area contributed by atoms with Crippen LogP contribution in [0.3, 0.4) is 0 Å². The van der Waals surface area contributed by atoms with Gasteiger partial charge >= 0.3 is 6.18 Å². The molecule has 0 saturated carbocycles. The van der Waals surface area contributed by atoms with E-state index in [0.717, 1.165) is 6.07 Å². The molecular weight excluding hydrogens is 209 g/mol. The van der Waals surface area contributed by atoms with Gasteiger partial charge in [0, 0.05) is 13.5 Å². The average molecular weight is 219 g/mol. The van der Waals surface area contributed by atoms with Crippen molar-refractivity contribution in [1.29, 1.82) is 0 Å². The number of hydrogen-bond donors (Lipinski definition) is 0. The lowest BCUT2D eigenvalue weighted by Crippen LogP contribution is -2.15. The third kappa shape index (κ3) is 3.21.